The maximum Gasteiger partial charge on any atom is 0.341 e. The number of nitrogens with zero attached hydrogens (tertiary/aromatic N) is 1. The molecule has 1 aliphatic rings. The number of esters is 1. The quantitative estimate of drug-likeness (QED) is 0.758. The molecule has 0 radical (unpaired) electrons. The molecular formula is C15H18BrNO5. The van der Waals surface area contributed by atoms with E-state index in [-0.39, 0.29) is 11.5 Å². The molecule has 1 saturated heterocycles. The number of carbonyl (C=O) groups is 2. The number of halogens is 1. The molecule has 0 aromatic heterocycles. The monoisotopic (exact) mass is 371 g/mol. The summed E-state index contributed by atoms with van der Waals surface area (Å²) in [6, 6.07) is 3.14. The Morgan fingerprint density at radius 1 is 1.27 bits per heavy atom. The summed E-state index contributed by atoms with van der Waals surface area (Å²) in [4.78, 5) is 26.1. The molecule has 6 nitrogen and oxygen atoms in total. The highest BCUT2D eigenvalue weighted by atomic mass is 79.9. The predicted octanol–water partition coefficient (Wildman–Crippen LogP) is 2.11. The molecule has 120 valence electrons. The number of hydrogen-bond donors (Lipinski definition) is 0. The Morgan fingerprint density at radius 2 is 1.95 bits per heavy atom. The van der Waals surface area contributed by atoms with Gasteiger partial charge in [0.1, 0.15) is 11.3 Å². The molecule has 0 spiro atoms. The van der Waals surface area contributed by atoms with Gasteiger partial charge in [-0.05, 0) is 35.0 Å². The first-order valence-corrected chi connectivity index (χ1v) is 7.79. The summed E-state index contributed by atoms with van der Waals surface area (Å²) in [7, 11) is 1.30. The van der Waals surface area contributed by atoms with Crippen molar-refractivity contribution in [2.24, 2.45) is 0 Å². The average molecular weight is 372 g/mol. The second-order valence-electron chi connectivity index (χ2n) is 4.66. The van der Waals surface area contributed by atoms with Crippen LogP contribution in [0.2, 0.25) is 0 Å². The van der Waals surface area contributed by atoms with Crippen LogP contribution in [-0.2, 0) is 9.47 Å². The largest absolute Gasteiger partial charge is 0.493 e. The van der Waals surface area contributed by atoms with E-state index in [1.165, 1.54) is 7.11 Å². The van der Waals surface area contributed by atoms with E-state index < -0.39 is 5.97 Å². The maximum absolute atomic E-state index is 12.6. The molecule has 0 saturated carbocycles. The first-order valence-electron chi connectivity index (χ1n) is 7.00. The number of morpholine rings is 1. The fraction of sp³-hybridized carbons (Fsp3) is 0.467. The predicted molar refractivity (Wildman–Crippen MR) is 83.4 cm³/mol. The van der Waals surface area contributed by atoms with Gasteiger partial charge in [-0.15, -0.1) is 0 Å². The second kappa shape index (κ2) is 7.60. The van der Waals surface area contributed by atoms with E-state index in [0.717, 1.165) is 0 Å². The zero-order chi connectivity index (χ0) is 16.1. The van der Waals surface area contributed by atoms with Crippen molar-refractivity contribution in [1.82, 2.24) is 4.90 Å². The number of rotatable bonds is 4. The molecule has 0 bridgehead atoms. The van der Waals surface area contributed by atoms with Gasteiger partial charge in [-0.25, -0.2) is 4.79 Å². The number of ether oxygens (including phenoxy) is 3. The van der Waals surface area contributed by atoms with Crippen LogP contribution in [0.5, 0.6) is 5.75 Å². The van der Waals surface area contributed by atoms with Crippen molar-refractivity contribution in [1.29, 1.82) is 0 Å². The summed E-state index contributed by atoms with van der Waals surface area (Å²) in [5.41, 5.74) is 0.743. The summed E-state index contributed by atoms with van der Waals surface area (Å²) >= 11 is 3.36. The third kappa shape index (κ3) is 3.59. The van der Waals surface area contributed by atoms with Crippen molar-refractivity contribution >= 4 is 27.8 Å². The summed E-state index contributed by atoms with van der Waals surface area (Å²) in [5, 5.41) is 0. The summed E-state index contributed by atoms with van der Waals surface area (Å²) in [5.74, 6) is -0.281. The fourth-order valence-electron chi connectivity index (χ4n) is 2.20. The van der Waals surface area contributed by atoms with Crippen LogP contribution in [0.1, 0.15) is 27.6 Å². The van der Waals surface area contributed by atoms with Crippen molar-refractivity contribution in [2.75, 3.05) is 40.0 Å². The molecule has 0 aliphatic carbocycles. The summed E-state index contributed by atoms with van der Waals surface area (Å²) < 4.78 is 16.0. The highest BCUT2D eigenvalue weighted by Crippen LogP contribution is 2.29. The van der Waals surface area contributed by atoms with Crippen LogP contribution in [0.4, 0.5) is 0 Å². The molecule has 1 amide bonds. The molecule has 0 N–H and O–H groups in total. The van der Waals surface area contributed by atoms with E-state index >= 15 is 0 Å². The molecule has 1 fully saturated rings. The van der Waals surface area contributed by atoms with E-state index in [4.69, 9.17) is 14.2 Å². The topological polar surface area (TPSA) is 65.1 Å². The molecule has 1 aliphatic heterocycles. The fourth-order valence-corrected chi connectivity index (χ4v) is 2.71. The smallest absolute Gasteiger partial charge is 0.341 e. The number of hydrogen-bond acceptors (Lipinski definition) is 5. The van der Waals surface area contributed by atoms with Gasteiger partial charge in [0, 0.05) is 17.6 Å². The van der Waals surface area contributed by atoms with Gasteiger partial charge in [-0.2, -0.15) is 0 Å². The van der Waals surface area contributed by atoms with Crippen molar-refractivity contribution in [2.45, 2.75) is 6.92 Å². The van der Waals surface area contributed by atoms with Gasteiger partial charge in [-0.1, -0.05) is 0 Å². The first kappa shape index (κ1) is 16.8. The van der Waals surface area contributed by atoms with Crippen molar-refractivity contribution in [3.63, 3.8) is 0 Å². The second-order valence-corrected chi connectivity index (χ2v) is 5.51. The van der Waals surface area contributed by atoms with Gasteiger partial charge in [0.25, 0.3) is 5.91 Å². The van der Waals surface area contributed by atoms with Gasteiger partial charge in [0.2, 0.25) is 0 Å². The van der Waals surface area contributed by atoms with Crippen LogP contribution in [0.15, 0.2) is 16.6 Å². The lowest BCUT2D eigenvalue weighted by Gasteiger charge is -2.27. The molecule has 1 aromatic rings. The van der Waals surface area contributed by atoms with Crippen LogP contribution >= 0.6 is 15.9 Å². The lowest BCUT2D eigenvalue weighted by Crippen LogP contribution is -2.40. The minimum Gasteiger partial charge on any atom is -0.493 e. The SMILES string of the molecule is CCOc1cc(C(=O)N2CCOCC2)c(Br)cc1C(=O)OC. The minimum absolute atomic E-state index is 0.118. The van der Waals surface area contributed by atoms with Crippen molar-refractivity contribution in [3.05, 3.63) is 27.7 Å². The van der Waals surface area contributed by atoms with E-state index in [1.54, 1.807) is 17.0 Å². The Bertz CT molecular complexity index is 569. The molecule has 0 unspecified atom stereocenters. The third-order valence-electron chi connectivity index (χ3n) is 3.30. The molecule has 0 atom stereocenters. The molecule has 1 heterocycles. The zero-order valence-electron chi connectivity index (χ0n) is 12.6. The zero-order valence-corrected chi connectivity index (χ0v) is 14.1. The van der Waals surface area contributed by atoms with Gasteiger partial charge >= 0.3 is 5.97 Å². The lowest BCUT2D eigenvalue weighted by molar-refractivity contribution is 0.0302. The molecule has 7 heteroatoms. The number of benzene rings is 1. The number of methoxy groups -OCH3 is 1. The summed E-state index contributed by atoms with van der Waals surface area (Å²) in [6.07, 6.45) is 0. The van der Waals surface area contributed by atoms with E-state index in [0.29, 0.717) is 48.7 Å². The Kier molecular flexibility index (Phi) is 5.79. The lowest BCUT2D eigenvalue weighted by atomic mass is 10.1. The molecular weight excluding hydrogens is 354 g/mol. The van der Waals surface area contributed by atoms with E-state index in [9.17, 15) is 9.59 Å². The Labute approximate surface area is 137 Å². The first-order chi connectivity index (χ1) is 10.6. The Balaban J connectivity index is 2.37. The van der Waals surface area contributed by atoms with Crippen LogP contribution in [0, 0.1) is 0 Å². The van der Waals surface area contributed by atoms with Crippen LogP contribution in [-0.4, -0.2) is 56.8 Å². The maximum atomic E-state index is 12.6. The molecule has 1 aromatic carbocycles. The highest BCUT2D eigenvalue weighted by Gasteiger charge is 2.24. The summed E-state index contributed by atoms with van der Waals surface area (Å²) in [6.45, 7) is 4.36. The van der Waals surface area contributed by atoms with Gasteiger partial charge in [0.15, 0.2) is 0 Å². The van der Waals surface area contributed by atoms with Crippen LogP contribution < -0.4 is 4.74 Å². The van der Waals surface area contributed by atoms with E-state index in [1.807, 2.05) is 6.92 Å². The minimum atomic E-state index is -0.505. The van der Waals surface area contributed by atoms with Crippen molar-refractivity contribution < 1.29 is 23.8 Å². The number of amides is 1. The number of carbonyl (C=O) groups excluding carboxylic acids is 2. The van der Waals surface area contributed by atoms with Crippen LogP contribution in [0.3, 0.4) is 0 Å². The standard InChI is InChI=1S/C15H18BrNO5/c1-3-22-13-9-10(12(16)8-11(13)15(19)20-2)14(18)17-4-6-21-7-5-17/h8-9H,3-7H2,1-2H3. The highest BCUT2D eigenvalue weighted by molar-refractivity contribution is 9.10. The van der Waals surface area contributed by atoms with Gasteiger partial charge in [-0.3, -0.25) is 4.79 Å². The third-order valence-corrected chi connectivity index (χ3v) is 3.96. The Hall–Kier alpha value is -1.60. The van der Waals surface area contributed by atoms with Crippen molar-refractivity contribution in [3.8, 4) is 5.75 Å². The molecule has 2 rings (SSSR count). The van der Waals surface area contributed by atoms with Crippen LogP contribution in [0.25, 0.3) is 0 Å². The van der Waals surface area contributed by atoms with Gasteiger partial charge < -0.3 is 19.1 Å². The van der Waals surface area contributed by atoms with Gasteiger partial charge in [0.05, 0.1) is 32.5 Å². The average Bonchev–Trinajstić information content (AvgIpc) is 2.55. The van der Waals surface area contributed by atoms with E-state index in [2.05, 4.69) is 15.9 Å². The molecule has 22 heavy (non-hydrogen) atoms. The Morgan fingerprint density at radius 3 is 2.55 bits per heavy atom. The normalized spacial score (nSPS) is 14.6.